The molecule has 10 heteroatoms. The van der Waals surface area contributed by atoms with Gasteiger partial charge in [-0.1, -0.05) is 18.5 Å². The van der Waals surface area contributed by atoms with Crippen molar-refractivity contribution in [3.05, 3.63) is 62.5 Å². The van der Waals surface area contributed by atoms with Crippen LogP contribution in [0.4, 0.5) is 15.9 Å². The molecule has 0 atom stereocenters. The Bertz CT molecular complexity index is 1220. The number of hydrogen-bond donors (Lipinski definition) is 3. The minimum absolute atomic E-state index is 0.0371. The number of benzene rings is 1. The van der Waals surface area contributed by atoms with E-state index in [1.807, 2.05) is 25.3 Å². The molecule has 1 fully saturated rings. The summed E-state index contributed by atoms with van der Waals surface area (Å²) < 4.78 is 13.2. The largest absolute Gasteiger partial charge is 0.369 e. The van der Waals surface area contributed by atoms with E-state index < -0.39 is 5.91 Å². The van der Waals surface area contributed by atoms with Gasteiger partial charge in [0.15, 0.2) is 0 Å². The fourth-order valence-corrected chi connectivity index (χ4v) is 4.34. The van der Waals surface area contributed by atoms with Crippen LogP contribution in [-0.4, -0.2) is 47.0 Å². The number of rotatable bonds is 6. The summed E-state index contributed by atoms with van der Waals surface area (Å²) >= 11 is 6.16. The highest BCUT2D eigenvalue weighted by molar-refractivity contribution is 6.35. The molecule has 0 radical (unpaired) electrons. The van der Waals surface area contributed by atoms with Crippen LogP contribution in [0.3, 0.4) is 0 Å². The quantitative estimate of drug-likeness (QED) is 0.490. The second-order valence-electron chi connectivity index (χ2n) is 7.83. The Kier molecular flexibility index (Phi) is 6.29. The number of nitrogens with two attached hydrogens (primary N) is 1. The molecule has 8 nitrogen and oxygen atoms in total. The number of fused-ring (bicyclic) bond motifs is 1. The lowest BCUT2D eigenvalue weighted by atomic mass is 10.1. The summed E-state index contributed by atoms with van der Waals surface area (Å²) in [6.45, 7) is 5.60. The van der Waals surface area contributed by atoms with Crippen molar-refractivity contribution >= 4 is 39.9 Å². The highest BCUT2D eigenvalue weighted by atomic mass is 35.5. The van der Waals surface area contributed by atoms with Crippen LogP contribution < -0.4 is 21.7 Å². The van der Waals surface area contributed by atoms with Gasteiger partial charge >= 0.3 is 0 Å². The van der Waals surface area contributed by atoms with E-state index in [4.69, 9.17) is 17.3 Å². The molecule has 2 aromatic heterocycles. The number of halogens is 2. The molecule has 0 unspecified atom stereocenters. The lowest BCUT2D eigenvalue weighted by molar-refractivity contribution is 0.100. The SMILES string of the molecule is CCc1cc2ncc(CN3CCN(c4cc(Cl)c(C(N)=O)c(NF)c4)CC3)cc2[nH]c1=O. The molecule has 0 aliphatic carbocycles. The summed E-state index contributed by atoms with van der Waals surface area (Å²) in [7, 11) is 0. The Morgan fingerprint density at radius 1 is 1.25 bits per heavy atom. The first kappa shape index (κ1) is 22.0. The van der Waals surface area contributed by atoms with Crippen molar-refractivity contribution in [1.29, 1.82) is 0 Å². The third kappa shape index (κ3) is 4.39. The maximum atomic E-state index is 13.2. The number of pyridine rings is 2. The number of carbonyl (C=O) groups excluding carboxylic acids is 1. The topological polar surface area (TPSA) is 107 Å². The van der Waals surface area contributed by atoms with Crippen molar-refractivity contribution in [2.45, 2.75) is 19.9 Å². The highest BCUT2D eigenvalue weighted by Crippen LogP contribution is 2.31. The van der Waals surface area contributed by atoms with Gasteiger partial charge < -0.3 is 15.6 Å². The second-order valence-corrected chi connectivity index (χ2v) is 8.23. The minimum atomic E-state index is -0.789. The summed E-state index contributed by atoms with van der Waals surface area (Å²) in [6.07, 6.45) is 2.51. The second kappa shape index (κ2) is 9.13. The number of primary amides is 1. The molecule has 4 N–H and O–H groups in total. The van der Waals surface area contributed by atoms with Crippen LogP contribution in [0.2, 0.25) is 5.02 Å². The zero-order valence-electron chi connectivity index (χ0n) is 17.6. The van der Waals surface area contributed by atoms with Crippen molar-refractivity contribution in [2.75, 3.05) is 36.6 Å². The predicted molar refractivity (Wildman–Crippen MR) is 124 cm³/mol. The first-order valence-electron chi connectivity index (χ1n) is 10.4. The molecule has 0 bridgehead atoms. The van der Waals surface area contributed by atoms with Crippen LogP contribution in [0.15, 0.2) is 35.3 Å². The van der Waals surface area contributed by atoms with Gasteiger partial charge in [0.25, 0.3) is 11.5 Å². The standard InChI is InChI=1S/C22H24ClFN6O2/c1-2-14-8-17-18(27-22(14)32)7-13(11-26-17)12-29-3-5-30(6-4-29)15-9-16(23)20(21(25)31)19(10-15)28-24/h7-11,28H,2-6,12H2,1H3,(H2,25,31)(H,27,32). The Morgan fingerprint density at radius 3 is 2.66 bits per heavy atom. The minimum Gasteiger partial charge on any atom is -0.369 e. The molecular weight excluding hydrogens is 435 g/mol. The molecule has 1 saturated heterocycles. The number of hydrogen-bond acceptors (Lipinski definition) is 6. The Labute approximate surface area is 189 Å². The van der Waals surface area contributed by atoms with Crippen molar-refractivity contribution in [1.82, 2.24) is 14.9 Å². The van der Waals surface area contributed by atoms with Gasteiger partial charge in [-0.3, -0.25) is 19.5 Å². The molecule has 4 rings (SSSR count). The third-order valence-corrected chi connectivity index (χ3v) is 6.07. The lowest BCUT2D eigenvalue weighted by Gasteiger charge is -2.36. The molecular formula is C22H24ClFN6O2. The van der Waals surface area contributed by atoms with Crippen molar-refractivity contribution in [2.24, 2.45) is 5.73 Å². The van der Waals surface area contributed by atoms with E-state index >= 15 is 0 Å². The van der Waals surface area contributed by atoms with Crippen molar-refractivity contribution < 1.29 is 9.28 Å². The molecule has 168 valence electrons. The first-order valence-corrected chi connectivity index (χ1v) is 10.8. The smallest absolute Gasteiger partial charge is 0.252 e. The molecule has 0 saturated carbocycles. The Balaban J connectivity index is 1.45. The molecule has 32 heavy (non-hydrogen) atoms. The number of piperazine rings is 1. The monoisotopic (exact) mass is 458 g/mol. The average Bonchev–Trinajstić information content (AvgIpc) is 2.78. The third-order valence-electron chi connectivity index (χ3n) is 5.77. The van der Waals surface area contributed by atoms with E-state index in [1.165, 1.54) is 11.6 Å². The van der Waals surface area contributed by atoms with Crippen molar-refractivity contribution in [3.63, 3.8) is 0 Å². The van der Waals surface area contributed by atoms with Crippen molar-refractivity contribution in [3.8, 4) is 0 Å². The zero-order valence-corrected chi connectivity index (χ0v) is 18.4. The van der Waals surface area contributed by atoms with E-state index in [0.29, 0.717) is 26.1 Å². The van der Waals surface area contributed by atoms with E-state index in [-0.39, 0.29) is 21.8 Å². The number of aromatic amines is 1. The summed E-state index contributed by atoms with van der Waals surface area (Å²) in [6, 6.07) is 6.98. The van der Waals surface area contributed by atoms with Gasteiger partial charge in [0.1, 0.15) is 0 Å². The predicted octanol–water partition coefficient (Wildman–Crippen LogP) is 2.86. The van der Waals surface area contributed by atoms with E-state index in [1.54, 1.807) is 6.07 Å². The summed E-state index contributed by atoms with van der Waals surface area (Å²) in [4.78, 5) is 35.4. The van der Waals surface area contributed by atoms with Gasteiger partial charge in [0.05, 0.1) is 27.3 Å². The maximum absolute atomic E-state index is 13.2. The van der Waals surface area contributed by atoms with Gasteiger partial charge in [-0.2, -0.15) is 0 Å². The highest BCUT2D eigenvalue weighted by Gasteiger charge is 2.21. The zero-order chi connectivity index (χ0) is 22.8. The van der Waals surface area contributed by atoms with Crippen LogP contribution in [0, 0.1) is 0 Å². The van der Waals surface area contributed by atoms with Gasteiger partial charge in [-0.05, 0) is 36.2 Å². The van der Waals surface area contributed by atoms with Crippen LogP contribution in [0.5, 0.6) is 0 Å². The maximum Gasteiger partial charge on any atom is 0.252 e. The summed E-state index contributed by atoms with van der Waals surface area (Å²) in [5.41, 5.74) is 10.6. The fraction of sp³-hybridized carbons (Fsp3) is 0.318. The molecule has 1 amide bonds. The van der Waals surface area contributed by atoms with Gasteiger partial charge in [0, 0.05) is 50.2 Å². The number of anilines is 2. The fourth-order valence-electron chi connectivity index (χ4n) is 4.04. The van der Waals surface area contributed by atoms with E-state index in [9.17, 15) is 14.1 Å². The normalized spacial score (nSPS) is 14.7. The van der Waals surface area contributed by atoms with Gasteiger partial charge in [-0.25, -0.2) is 5.54 Å². The van der Waals surface area contributed by atoms with Crippen LogP contribution in [0.25, 0.3) is 11.0 Å². The van der Waals surface area contributed by atoms with Crippen LogP contribution in [0.1, 0.15) is 28.4 Å². The van der Waals surface area contributed by atoms with E-state index in [0.717, 1.165) is 40.9 Å². The molecule has 1 aromatic carbocycles. The number of carbonyl (C=O) groups is 1. The number of amides is 1. The Morgan fingerprint density at radius 2 is 2.00 bits per heavy atom. The van der Waals surface area contributed by atoms with Crippen LogP contribution in [-0.2, 0) is 13.0 Å². The number of nitrogens with zero attached hydrogens (tertiary/aromatic N) is 3. The molecule has 1 aliphatic heterocycles. The number of aryl methyl sites for hydroxylation is 1. The lowest BCUT2D eigenvalue weighted by Crippen LogP contribution is -2.46. The molecule has 0 spiro atoms. The van der Waals surface area contributed by atoms with Gasteiger partial charge in [-0.15, -0.1) is 4.48 Å². The first-order chi connectivity index (χ1) is 15.4. The van der Waals surface area contributed by atoms with E-state index in [2.05, 4.69) is 19.8 Å². The average molecular weight is 459 g/mol. The molecule has 1 aliphatic rings. The summed E-state index contributed by atoms with van der Waals surface area (Å²) in [5, 5.41) is 0.111. The number of H-pyrrole nitrogens is 1. The van der Waals surface area contributed by atoms with Gasteiger partial charge in [0.2, 0.25) is 0 Å². The molecule has 3 aromatic rings. The van der Waals surface area contributed by atoms with Crippen LogP contribution >= 0.6 is 11.6 Å². The number of nitrogens with one attached hydrogen (secondary N) is 2. The molecule has 3 heterocycles. The summed E-state index contributed by atoms with van der Waals surface area (Å²) in [5.74, 6) is -0.789. The number of aromatic nitrogens is 2. The Hall–Kier alpha value is -3.17.